The van der Waals surface area contributed by atoms with Gasteiger partial charge in [-0.2, -0.15) is 5.10 Å². The van der Waals surface area contributed by atoms with E-state index in [4.69, 9.17) is 4.98 Å². The van der Waals surface area contributed by atoms with Crippen molar-refractivity contribution >= 4 is 27.6 Å². The van der Waals surface area contributed by atoms with Gasteiger partial charge in [-0.1, -0.05) is 19.4 Å². The number of nitrogens with one attached hydrogen (secondary N) is 3. The SMILES string of the molecule is CCCCC(O)Nc1cncc(-c2cc3c(-c4nc5c(-c6ccccn6)nccc5[nH]4)n[nH]c3cc2F)c1. The molecular weight excluding hydrogens is 483 g/mol. The molecule has 10 heteroatoms. The van der Waals surface area contributed by atoms with Crippen LogP contribution in [0.5, 0.6) is 0 Å². The average molecular weight is 509 g/mol. The molecule has 38 heavy (non-hydrogen) atoms. The number of pyridine rings is 3. The zero-order valence-corrected chi connectivity index (χ0v) is 20.6. The Morgan fingerprint density at radius 3 is 2.79 bits per heavy atom. The summed E-state index contributed by atoms with van der Waals surface area (Å²) in [7, 11) is 0. The molecule has 5 aromatic heterocycles. The van der Waals surface area contributed by atoms with Crippen LogP contribution in [0.25, 0.3) is 56.0 Å². The first-order valence-corrected chi connectivity index (χ1v) is 12.4. The molecule has 6 aromatic rings. The van der Waals surface area contributed by atoms with Crippen molar-refractivity contribution in [3.05, 3.63) is 73.1 Å². The number of H-pyrrole nitrogens is 2. The highest BCUT2D eigenvalue weighted by molar-refractivity contribution is 5.97. The van der Waals surface area contributed by atoms with Crippen LogP contribution >= 0.6 is 0 Å². The molecule has 1 aromatic carbocycles. The van der Waals surface area contributed by atoms with E-state index < -0.39 is 12.0 Å². The van der Waals surface area contributed by atoms with Crippen LogP contribution in [0.2, 0.25) is 0 Å². The van der Waals surface area contributed by atoms with E-state index in [2.05, 4.69) is 42.4 Å². The van der Waals surface area contributed by atoms with E-state index in [-0.39, 0.29) is 0 Å². The Balaban J connectivity index is 1.40. The number of hydrogen-bond acceptors (Lipinski definition) is 7. The van der Waals surface area contributed by atoms with Crippen LogP contribution in [0.4, 0.5) is 10.1 Å². The second-order valence-corrected chi connectivity index (χ2v) is 9.07. The summed E-state index contributed by atoms with van der Waals surface area (Å²) in [6, 6.07) is 12.4. The van der Waals surface area contributed by atoms with E-state index in [0.29, 0.717) is 62.6 Å². The van der Waals surface area contributed by atoms with Gasteiger partial charge in [-0.25, -0.2) is 9.37 Å². The summed E-state index contributed by atoms with van der Waals surface area (Å²) in [6.45, 7) is 2.07. The fraction of sp³-hybridized carbons (Fsp3) is 0.179. The van der Waals surface area contributed by atoms with Gasteiger partial charge in [0, 0.05) is 41.2 Å². The maximum atomic E-state index is 15.2. The molecule has 1 unspecified atom stereocenters. The van der Waals surface area contributed by atoms with Gasteiger partial charge in [-0.3, -0.25) is 20.1 Å². The van der Waals surface area contributed by atoms with Crippen molar-refractivity contribution in [1.29, 1.82) is 0 Å². The van der Waals surface area contributed by atoms with Crippen molar-refractivity contribution in [3.8, 4) is 34.0 Å². The van der Waals surface area contributed by atoms with Gasteiger partial charge in [-0.15, -0.1) is 0 Å². The monoisotopic (exact) mass is 508 g/mol. The lowest BCUT2D eigenvalue weighted by molar-refractivity contribution is 0.190. The molecule has 0 aliphatic rings. The quantitative estimate of drug-likeness (QED) is 0.195. The first-order chi connectivity index (χ1) is 18.6. The lowest BCUT2D eigenvalue weighted by atomic mass is 10.0. The highest BCUT2D eigenvalue weighted by Crippen LogP contribution is 2.34. The number of rotatable bonds is 8. The Hall–Kier alpha value is -4.70. The molecule has 5 heterocycles. The van der Waals surface area contributed by atoms with E-state index in [0.717, 1.165) is 18.4 Å². The summed E-state index contributed by atoms with van der Waals surface area (Å²) in [5.41, 5.74) is 5.50. The average Bonchev–Trinajstić information content (AvgIpc) is 3.55. The van der Waals surface area contributed by atoms with Crippen molar-refractivity contribution in [3.63, 3.8) is 0 Å². The van der Waals surface area contributed by atoms with Crippen LogP contribution < -0.4 is 5.32 Å². The van der Waals surface area contributed by atoms with Crippen LogP contribution in [0.15, 0.2) is 67.3 Å². The Morgan fingerprint density at radius 2 is 1.95 bits per heavy atom. The highest BCUT2D eigenvalue weighted by Gasteiger charge is 2.19. The minimum atomic E-state index is -0.696. The molecule has 190 valence electrons. The maximum Gasteiger partial charge on any atom is 0.159 e. The maximum absolute atomic E-state index is 15.2. The third-order valence-electron chi connectivity index (χ3n) is 6.40. The largest absolute Gasteiger partial charge is 0.374 e. The van der Waals surface area contributed by atoms with Crippen LogP contribution in [-0.4, -0.2) is 46.5 Å². The number of imidazole rings is 1. The number of nitrogens with zero attached hydrogens (tertiary/aromatic N) is 5. The second kappa shape index (κ2) is 9.98. The van der Waals surface area contributed by atoms with Crippen molar-refractivity contribution in [2.75, 3.05) is 5.32 Å². The number of fused-ring (bicyclic) bond motifs is 2. The molecule has 0 bridgehead atoms. The topological polar surface area (TPSA) is 128 Å². The van der Waals surface area contributed by atoms with E-state index in [1.807, 2.05) is 24.3 Å². The van der Waals surface area contributed by atoms with Gasteiger partial charge < -0.3 is 15.4 Å². The Kier molecular flexibility index (Phi) is 6.22. The van der Waals surface area contributed by atoms with Crippen LogP contribution in [0, 0.1) is 5.82 Å². The molecular formula is C28H25FN8O. The number of benzene rings is 1. The van der Waals surface area contributed by atoms with Crippen molar-refractivity contribution in [2.45, 2.75) is 32.4 Å². The molecule has 0 aliphatic carbocycles. The summed E-state index contributed by atoms with van der Waals surface area (Å²) in [4.78, 5) is 21.3. The first-order valence-electron chi connectivity index (χ1n) is 12.4. The molecule has 6 rings (SSSR count). The van der Waals surface area contributed by atoms with Gasteiger partial charge in [0.15, 0.2) is 5.82 Å². The molecule has 0 amide bonds. The fourth-order valence-corrected chi connectivity index (χ4v) is 4.51. The van der Waals surface area contributed by atoms with E-state index >= 15 is 4.39 Å². The Bertz CT molecular complexity index is 1730. The summed E-state index contributed by atoms with van der Waals surface area (Å²) < 4.78 is 15.2. The van der Waals surface area contributed by atoms with Gasteiger partial charge >= 0.3 is 0 Å². The molecule has 0 radical (unpaired) electrons. The predicted octanol–water partition coefficient (Wildman–Crippen LogP) is 5.68. The molecule has 1 atom stereocenters. The van der Waals surface area contributed by atoms with Crippen molar-refractivity contribution < 1.29 is 9.50 Å². The molecule has 0 saturated heterocycles. The standard InChI is InChI=1S/C28H25FN8O/c1-2-3-7-24(38)33-17-11-16(14-30-15-17)18-12-19-23(13-20(18)29)36-37-25(19)28-34-22-8-10-32-26(27(22)35-28)21-6-4-5-9-31-21/h4-6,8-15,24,33,38H,2-3,7H2,1H3,(H,34,35)(H,36,37). The number of aliphatic hydroxyl groups excluding tert-OH is 1. The zero-order valence-electron chi connectivity index (χ0n) is 20.6. The zero-order chi connectivity index (χ0) is 26.1. The van der Waals surface area contributed by atoms with Crippen LogP contribution in [-0.2, 0) is 0 Å². The minimum Gasteiger partial charge on any atom is -0.374 e. The third kappa shape index (κ3) is 4.46. The van der Waals surface area contributed by atoms with E-state index in [9.17, 15) is 5.11 Å². The minimum absolute atomic E-state index is 0.367. The molecule has 0 aliphatic heterocycles. The number of aromatic nitrogens is 7. The number of unbranched alkanes of at least 4 members (excludes halogenated alkanes) is 1. The third-order valence-corrected chi connectivity index (χ3v) is 6.40. The van der Waals surface area contributed by atoms with E-state index in [1.54, 1.807) is 36.9 Å². The molecule has 9 nitrogen and oxygen atoms in total. The second-order valence-electron chi connectivity index (χ2n) is 9.07. The number of aliphatic hydroxyl groups is 1. The lowest BCUT2D eigenvalue weighted by Crippen LogP contribution is -2.18. The highest BCUT2D eigenvalue weighted by atomic mass is 19.1. The molecule has 4 N–H and O–H groups in total. The number of anilines is 1. The molecule has 0 spiro atoms. The van der Waals surface area contributed by atoms with Gasteiger partial charge in [0.2, 0.25) is 0 Å². The van der Waals surface area contributed by atoms with Gasteiger partial charge in [-0.05, 0) is 43.2 Å². The molecule has 0 saturated carbocycles. The number of hydrogen-bond donors (Lipinski definition) is 4. The van der Waals surface area contributed by atoms with Crippen molar-refractivity contribution in [2.24, 2.45) is 0 Å². The number of halogens is 1. The Morgan fingerprint density at radius 1 is 1.03 bits per heavy atom. The predicted molar refractivity (Wildman–Crippen MR) is 145 cm³/mol. The first kappa shape index (κ1) is 23.7. The normalized spacial score (nSPS) is 12.3. The number of aromatic amines is 2. The van der Waals surface area contributed by atoms with Crippen molar-refractivity contribution in [1.82, 2.24) is 35.1 Å². The van der Waals surface area contributed by atoms with Gasteiger partial charge in [0.1, 0.15) is 28.9 Å². The summed E-state index contributed by atoms with van der Waals surface area (Å²) >= 11 is 0. The fourth-order valence-electron chi connectivity index (χ4n) is 4.51. The van der Waals surface area contributed by atoms with E-state index in [1.165, 1.54) is 6.07 Å². The van der Waals surface area contributed by atoms with Crippen LogP contribution in [0.3, 0.4) is 0 Å². The summed E-state index contributed by atoms with van der Waals surface area (Å²) in [6.07, 6.45) is 8.44. The van der Waals surface area contributed by atoms with Gasteiger partial charge in [0.05, 0.1) is 28.6 Å². The summed E-state index contributed by atoms with van der Waals surface area (Å²) in [5.74, 6) is 0.117. The smallest absolute Gasteiger partial charge is 0.159 e. The Labute approximate surface area is 217 Å². The van der Waals surface area contributed by atoms with Gasteiger partial charge in [0.25, 0.3) is 0 Å². The lowest BCUT2D eigenvalue weighted by Gasteiger charge is -2.14. The summed E-state index contributed by atoms with van der Waals surface area (Å²) in [5, 5.41) is 21.3. The van der Waals surface area contributed by atoms with Crippen LogP contribution in [0.1, 0.15) is 26.2 Å². The molecule has 0 fully saturated rings.